The Morgan fingerprint density at radius 1 is 1.17 bits per heavy atom. The highest BCUT2D eigenvalue weighted by Crippen LogP contribution is 2.46. The van der Waals surface area contributed by atoms with Crippen molar-refractivity contribution >= 4 is 23.0 Å². The van der Waals surface area contributed by atoms with Gasteiger partial charge in [0.2, 0.25) is 0 Å². The first kappa shape index (κ1) is 16.3. The zero-order chi connectivity index (χ0) is 16.3. The molecule has 0 radical (unpaired) electrons. The van der Waals surface area contributed by atoms with Crippen molar-refractivity contribution in [2.45, 2.75) is 37.9 Å². The van der Waals surface area contributed by atoms with Gasteiger partial charge in [0.1, 0.15) is 0 Å². The fourth-order valence-corrected chi connectivity index (χ4v) is 3.25. The number of likely N-dealkylation sites (N-methyl/N-ethyl adjacent to an activating group) is 1. The van der Waals surface area contributed by atoms with Gasteiger partial charge < -0.3 is 25.0 Å². The second-order valence-electron chi connectivity index (χ2n) is 6.52. The van der Waals surface area contributed by atoms with E-state index in [2.05, 4.69) is 15.5 Å². The van der Waals surface area contributed by atoms with E-state index < -0.39 is 5.79 Å². The summed E-state index contributed by atoms with van der Waals surface area (Å²) < 4.78 is 12.2. The molecule has 0 atom stereocenters. The minimum atomic E-state index is -0.427. The van der Waals surface area contributed by atoms with E-state index in [4.69, 9.17) is 21.7 Å². The van der Waals surface area contributed by atoms with Crippen molar-refractivity contribution in [2.75, 3.05) is 32.5 Å². The molecule has 0 unspecified atom stereocenters. The van der Waals surface area contributed by atoms with E-state index in [9.17, 15) is 0 Å². The Morgan fingerprint density at radius 3 is 2.65 bits per heavy atom. The number of ether oxygens (including phenoxy) is 2. The Bertz CT molecular complexity index is 571. The van der Waals surface area contributed by atoms with Gasteiger partial charge in [-0.1, -0.05) is 6.42 Å². The minimum absolute atomic E-state index is 0.427. The summed E-state index contributed by atoms with van der Waals surface area (Å²) in [5, 5.41) is 7.02. The molecule has 2 aliphatic rings. The van der Waals surface area contributed by atoms with Crippen LogP contribution < -0.4 is 20.1 Å². The van der Waals surface area contributed by atoms with Gasteiger partial charge in [-0.2, -0.15) is 0 Å². The standard InChI is InChI=1S/C17H25N3O2S/c1-20(2)11-10-18-16(23)19-13-6-7-14-15(12-13)22-17(21-14)8-4-3-5-9-17/h6-7,12H,3-5,8-11H2,1-2H3,(H2,18,19,23). The lowest BCUT2D eigenvalue weighted by molar-refractivity contribution is -0.105. The molecular weight excluding hydrogens is 310 g/mol. The Labute approximate surface area is 143 Å². The van der Waals surface area contributed by atoms with Gasteiger partial charge in [0.25, 0.3) is 5.79 Å². The molecule has 1 spiro atoms. The molecular formula is C17H25N3O2S. The van der Waals surface area contributed by atoms with Crippen LogP contribution in [0.25, 0.3) is 0 Å². The van der Waals surface area contributed by atoms with E-state index in [1.807, 2.05) is 32.3 Å². The highest BCUT2D eigenvalue weighted by molar-refractivity contribution is 7.80. The molecule has 1 aliphatic carbocycles. The van der Waals surface area contributed by atoms with Crippen molar-refractivity contribution in [3.05, 3.63) is 18.2 Å². The smallest absolute Gasteiger partial charge is 0.251 e. The summed E-state index contributed by atoms with van der Waals surface area (Å²) in [5.74, 6) is 1.22. The number of thiocarbonyl (C=S) groups is 1. The van der Waals surface area contributed by atoms with E-state index in [-0.39, 0.29) is 0 Å². The van der Waals surface area contributed by atoms with Crippen LogP contribution in [0.3, 0.4) is 0 Å². The van der Waals surface area contributed by atoms with E-state index >= 15 is 0 Å². The van der Waals surface area contributed by atoms with E-state index in [0.717, 1.165) is 43.1 Å². The van der Waals surface area contributed by atoms with E-state index in [0.29, 0.717) is 5.11 Å². The average molecular weight is 335 g/mol. The topological polar surface area (TPSA) is 45.8 Å². The molecule has 23 heavy (non-hydrogen) atoms. The molecule has 1 aliphatic heterocycles. The van der Waals surface area contributed by atoms with Crippen molar-refractivity contribution in [3.8, 4) is 11.5 Å². The normalized spacial score (nSPS) is 18.2. The lowest BCUT2D eigenvalue weighted by atomic mass is 9.94. The van der Waals surface area contributed by atoms with E-state index in [1.54, 1.807) is 0 Å². The second kappa shape index (κ2) is 6.93. The number of nitrogens with one attached hydrogen (secondary N) is 2. The summed E-state index contributed by atoms with van der Waals surface area (Å²) in [6.45, 7) is 1.75. The second-order valence-corrected chi connectivity index (χ2v) is 6.93. The number of nitrogens with zero attached hydrogens (tertiary/aromatic N) is 1. The van der Waals surface area contributed by atoms with Crippen molar-refractivity contribution in [3.63, 3.8) is 0 Å². The van der Waals surface area contributed by atoms with Crippen molar-refractivity contribution in [1.29, 1.82) is 0 Å². The van der Waals surface area contributed by atoms with Gasteiger partial charge in [-0.15, -0.1) is 0 Å². The molecule has 5 nitrogen and oxygen atoms in total. The molecule has 2 N–H and O–H groups in total. The van der Waals surface area contributed by atoms with Gasteiger partial charge in [0, 0.05) is 37.7 Å². The predicted molar refractivity (Wildman–Crippen MR) is 96.3 cm³/mol. The molecule has 1 aromatic rings. The first-order valence-corrected chi connectivity index (χ1v) is 8.69. The number of benzene rings is 1. The first-order valence-electron chi connectivity index (χ1n) is 8.28. The Balaban J connectivity index is 1.58. The van der Waals surface area contributed by atoms with Crippen LogP contribution >= 0.6 is 12.2 Å². The predicted octanol–water partition coefficient (Wildman–Crippen LogP) is 2.97. The first-order chi connectivity index (χ1) is 11.1. The van der Waals surface area contributed by atoms with Gasteiger partial charge in [-0.25, -0.2) is 0 Å². The number of fused-ring (bicyclic) bond motifs is 1. The van der Waals surface area contributed by atoms with Crippen molar-refractivity contribution in [2.24, 2.45) is 0 Å². The average Bonchev–Trinajstić information content (AvgIpc) is 2.84. The summed E-state index contributed by atoms with van der Waals surface area (Å²) in [5.41, 5.74) is 0.919. The lowest BCUT2D eigenvalue weighted by Gasteiger charge is -2.31. The molecule has 1 heterocycles. The number of hydrogen-bond acceptors (Lipinski definition) is 4. The number of rotatable bonds is 4. The molecule has 6 heteroatoms. The molecule has 0 aromatic heterocycles. The maximum Gasteiger partial charge on any atom is 0.251 e. The van der Waals surface area contributed by atoms with Crippen LogP contribution in [0.1, 0.15) is 32.1 Å². The van der Waals surface area contributed by atoms with Gasteiger partial charge in [-0.05, 0) is 51.3 Å². The molecule has 126 valence electrons. The fourth-order valence-electron chi connectivity index (χ4n) is 3.03. The third-order valence-corrected chi connectivity index (χ3v) is 4.50. The van der Waals surface area contributed by atoms with Crippen LogP contribution in [0.2, 0.25) is 0 Å². The highest BCUT2D eigenvalue weighted by atomic mass is 32.1. The third-order valence-electron chi connectivity index (χ3n) is 4.25. The SMILES string of the molecule is CN(C)CCNC(=S)Nc1ccc2c(c1)OC1(CCCCC1)O2. The summed E-state index contributed by atoms with van der Waals surface area (Å²) in [4.78, 5) is 2.11. The van der Waals surface area contributed by atoms with Crippen LogP contribution in [0, 0.1) is 0 Å². The van der Waals surface area contributed by atoms with Crippen LogP contribution in [-0.4, -0.2) is 43.0 Å². The van der Waals surface area contributed by atoms with Crippen LogP contribution in [0.4, 0.5) is 5.69 Å². The summed E-state index contributed by atoms with van der Waals surface area (Å²) in [6, 6.07) is 5.91. The zero-order valence-corrected chi connectivity index (χ0v) is 14.7. The van der Waals surface area contributed by atoms with Crippen molar-refractivity contribution in [1.82, 2.24) is 10.2 Å². The summed E-state index contributed by atoms with van der Waals surface area (Å²) in [6.07, 6.45) is 5.53. The maximum absolute atomic E-state index is 6.14. The lowest BCUT2D eigenvalue weighted by Crippen LogP contribution is -2.40. The Hall–Kier alpha value is -1.53. The number of anilines is 1. The van der Waals surface area contributed by atoms with Gasteiger partial charge >= 0.3 is 0 Å². The molecule has 1 fully saturated rings. The fraction of sp³-hybridized carbons (Fsp3) is 0.588. The Kier molecular flexibility index (Phi) is 4.92. The van der Waals surface area contributed by atoms with Gasteiger partial charge in [0.05, 0.1) is 0 Å². The Morgan fingerprint density at radius 2 is 1.91 bits per heavy atom. The number of hydrogen-bond donors (Lipinski definition) is 2. The molecule has 0 saturated heterocycles. The van der Waals surface area contributed by atoms with Crippen LogP contribution in [-0.2, 0) is 0 Å². The van der Waals surface area contributed by atoms with Gasteiger partial charge in [0.15, 0.2) is 16.6 Å². The molecule has 1 aromatic carbocycles. The molecule has 3 rings (SSSR count). The summed E-state index contributed by atoms with van der Waals surface area (Å²) >= 11 is 5.32. The monoisotopic (exact) mass is 335 g/mol. The highest BCUT2D eigenvalue weighted by Gasteiger charge is 2.42. The molecule has 1 saturated carbocycles. The molecule has 0 amide bonds. The largest absolute Gasteiger partial charge is 0.448 e. The maximum atomic E-state index is 6.14. The van der Waals surface area contributed by atoms with E-state index in [1.165, 1.54) is 19.3 Å². The van der Waals surface area contributed by atoms with Crippen LogP contribution in [0.5, 0.6) is 11.5 Å². The minimum Gasteiger partial charge on any atom is -0.448 e. The third kappa shape index (κ3) is 4.06. The van der Waals surface area contributed by atoms with Crippen LogP contribution in [0.15, 0.2) is 18.2 Å². The zero-order valence-electron chi connectivity index (χ0n) is 13.9. The summed E-state index contributed by atoms with van der Waals surface area (Å²) in [7, 11) is 4.08. The quantitative estimate of drug-likeness (QED) is 0.825. The van der Waals surface area contributed by atoms with Crippen molar-refractivity contribution < 1.29 is 9.47 Å². The van der Waals surface area contributed by atoms with Gasteiger partial charge in [-0.3, -0.25) is 0 Å². The molecule has 0 bridgehead atoms.